The Bertz CT molecular complexity index is 2210. The van der Waals surface area contributed by atoms with Gasteiger partial charge in [0, 0.05) is 40.0 Å². The maximum Gasteiger partial charge on any atom is 0.334 e. The number of para-hydroxylation sites is 1. The molecule has 2 aliphatic rings. The van der Waals surface area contributed by atoms with Gasteiger partial charge in [-0.05, 0) is 80.3 Å². The molecule has 1 aliphatic heterocycles. The molecule has 1 aromatic heterocycles. The van der Waals surface area contributed by atoms with Crippen molar-refractivity contribution in [3.8, 4) is 22.6 Å². The number of aliphatic hydroxyl groups is 1. The van der Waals surface area contributed by atoms with Crippen molar-refractivity contribution in [1.82, 2.24) is 0 Å². The molecule has 7 rings (SSSR count). The summed E-state index contributed by atoms with van der Waals surface area (Å²) in [7, 11) is 0. The number of carbonyl (C=O) groups excluding carboxylic acids is 3. The van der Waals surface area contributed by atoms with Crippen LogP contribution >= 0.6 is 0 Å². The standard InChI is InChI=1S/C42H34O8/c1-25(2)39(45)49-41(20-10-21-43)31-12-6-5-11-29(31)38(44)30-18-16-27(23-33(30)41)28-17-19-36-34(24-28)42(37-15-9-22-47-37,50-40(46)26(3)4)32-13-7-8-14-35(32)48-36/h5-9,11-19,22-24,43H,1,3,10,20-21H2,2,4H3. The maximum atomic E-state index is 13.9. The molecular formula is C42H34O8. The van der Waals surface area contributed by atoms with E-state index in [9.17, 15) is 19.5 Å². The molecule has 8 heteroatoms. The molecule has 2 unspecified atom stereocenters. The highest BCUT2D eigenvalue weighted by Gasteiger charge is 2.51. The average molecular weight is 667 g/mol. The van der Waals surface area contributed by atoms with E-state index in [1.165, 1.54) is 6.26 Å². The predicted molar refractivity (Wildman–Crippen MR) is 186 cm³/mol. The van der Waals surface area contributed by atoms with E-state index in [0.29, 0.717) is 68.2 Å². The lowest BCUT2D eigenvalue weighted by molar-refractivity contribution is -0.153. The zero-order valence-electron chi connectivity index (χ0n) is 27.7. The van der Waals surface area contributed by atoms with Gasteiger partial charge in [-0.3, -0.25) is 4.79 Å². The first-order chi connectivity index (χ1) is 24.1. The number of rotatable bonds is 9. The normalized spacial score (nSPS) is 18.4. The van der Waals surface area contributed by atoms with Gasteiger partial charge in [-0.25, -0.2) is 9.59 Å². The second-order valence-corrected chi connectivity index (χ2v) is 12.6. The molecule has 2 heterocycles. The molecule has 5 aromatic rings. The Morgan fingerprint density at radius 2 is 1.34 bits per heavy atom. The number of hydrogen-bond acceptors (Lipinski definition) is 8. The second-order valence-electron chi connectivity index (χ2n) is 12.6. The molecule has 2 atom stereocenters. The molecule has 0 amide bonds. The minimum absolute atomic E-state index is 0.151. The summed E-state index contributed by atoms with van der Waals surface area (Å²) in [5.41, 5.74) is 1.79. The van der Waals surface area contributed by atoms with Gasteiger partial charge in [0.25, 0.3) is 0 Å². The highest BCUT2D eigenvalue weighted by atomic mass is 16.6. The van der Waals surface area contributed by atoms with E-state index < -0.39 is 23.1 Å². The SMILES string of the molecule is C=C(C)C(=O)OC1(CCCO)c2ccccc2C(=O)c2ccc(-c3ccc4c(c3)C(OC(=O)C(=C)C)(c3ccco3)c3ccccc3O4)cc21. The number of fused-ring (bicyclic) bond motifs is 4. The van der Waals surface area contributed by atoms with Crippen LogP contribution in [0.25, 0.3) is 11.1 Å². The number of ether oxygens (including phenoxy) is 3. The van der Waals surface area contributed by atoms with Crippen LogP contribution in [0.5, 0.6) is 11.5 Å². The molecule has 50 heavy (non-hydrogen) atoms. The van der Waals surface area contributed by atoms with Crippen LogP contribution in [-0.4, -0.2) is 29.4 Å². The van der Waals surface area contributed by atoms with E-state index in [0.717, 1.165) is 0 Å². The highest BCUT2D eigenvalue weighted by Crippen LogP contribution is 2.54. The van der Waals surface area contributed by atoms with Crippen LogP contribution in [0.2, 0.25) is 0 Å². The Labute approximate surface area is 289 Å². The van der Waals surface area contributed by atoms with Crippen LogP contribution in [-0.2, 0) is 30.3 Å². The van der Waals surface area contributed by atoms with Crippen molar-refractivity contribution in [1.29, 1.82) is 0 Å². The van der Waals surface area contributed by atoms with Gasteiger partial charge in [0.15, 0.2) is 17.1 Å². The van der Waals surface area contributed by atoms with Gasteiger partial charge in [0.1, 0.15) is 11.5 Å². The molecule has 0 bridgehead atoms. The third kappa shape index (κ3) is 5.07. The number of hydrogen-bond donors (Lipinski definition) is 1. The van der Waals surface area contributed by atoms with Gasteiger partial charge in [-0.1, -0.05) is 67.8 Å². The highest BCUT2D eigenvalue weighted by molar-refractivity contribution is 6.13. The molecular weight excluding hydrogens is 632 g/mol. The largest absolute Gasteiger partial charge is 0.464 e. The Hall–Kier alpha value is -5.99. The number of esters is 2. The lowest BCUT2D eigenvalue weighted by Crippen LogP contribution is -2.40. The van der Waals surface area contributed by atoms with Crippen molar-refractivity contribution in [3.63, 3.8) is 0 Å². The van der Waals surface area contributed by atoms with Crippen molar-refractivity contribution in [2.45, 2.75) is 37.9 Å². The van der Waals surface area contributed by atoms with Gasteiger partial charge in [0.2, 0.25) is 5.60 Å². The molecule has 0 radical (unpaired) electrons. The summed E-state index contributed by atoms with van der Waals surface area (Å²) in [5.74, 6) is -0.120. The Morgan fingerprint density at radius 3 is 2.04 bits per heavy atom. The number of aliphatic hydroxyl groups excluding tert-OH is 1. The van der Waals surface area contributed by atoms with Gasteiger partial charge >= 0.3 is 11.9 Å². The van der Waals surface area contributed by atoms with E-state index in [1.807, 2.05) is 42.5 Å². The number of carbonyl (C=O) groups is 3. The Kier molecular flexibility index (Phi) is 8.12. The second kappa shape index (κ2) is 12.5. The lowest BCUT2D eigenvalue weighted by atomic mass is 9.71. The van der Waals surface area contributed by atoms with Gasteiger partial charge in [0.05, 0.1) is 17.4 Å². The fourth-order valence-electron chi connectivity index (χ4n) is 6.90. The van der Waals surface area contributed by atoms with E-state index in [2.05, 4.69) is 13.2 Å². The lowest BCUT2D eigenvalue weighted by Gasteiger charge is -2.40. The monoisotopic (exact) mass is 666 g/mol. The van der Waals surface area contributed by atoms with Crippen molar-refractivity contribution in [2.24, 2.45) is 0 Å². The summed E-state index contributed by atoms with van der Waals surface area (Å²) in [4.78, 5) is 40.6. The number of ketones is 1. The first-order valence-corrected chi connectivity index (χ1v) is 16.2. The quantitative estimate of drug-likeness (QED) is 0.124. The predicted octanol–water partition coefficient (Wildman–Crippen LogP) is 8.14. The Morgan fingerprint density at radius 1 is 0.720 bits per heavy atom. The van der Waals surface area contributed by atoms with Crippen molar-refractivity contribution in [3.05, 3.63) is 167 Å². The molecule has 0 spiro atoms. The summed E-state index contributed by atoms with van der Waals surface area (Å²) < 4.78 is 25.0. The zero-order valence-corrected chi connectivity index (χ0v) is 27.7. The summed E-state index contributed by atoms with van der Waals surface area (Å²) in [6.45, 7) is 10.6. The first kappa shape index (κ1) is 32.6. The fourth-order valence-corrected chi connectivity index (χ4v) is 6.90. The fraction of sp³-hybridized carbons (Fsp3) is 0.167. The molecule has 1 N–H and O–H groups in total. The molecule has 0 saturated heterocycles. The van der Waals surface area contributed by atoms with Gasteiger partial charge < -0.3 is 23.7 Å². The topological polar surface area (TPSA) is 112 Å². The third-order valence-corrected chi connectivity index (χ3v) is 9.25. The zero-order chi connectivity index (χ0) is 35.2. The van der Waals surface area contributed by atoms with E-state index in [4.69, 9.17) is 18.6 Å². The van der Waals surface area contributed by atoms with E-state index in [-0.39, 0.29) is 30.0 Å². The molecule has 250 valence electrons. The van der Waals surface area contributed by atoms with Crippen molar-refractivity contribution in [2.75, 3.05) is 6.61 Å². The molecule has 0 saturated carbocycles. The van der Waals surface area contributed by atoms with Gasteiger partial charge in [-0.15, -0.1) is 0 Å². The number of benzene rings is 4. The van der Waals surface area contributed by atoms with E-state index >= 15 is 0 Å². The van der Waals surface area contributed by atoms with Gasteiger partial charge in [-0.2, -0.15) is 0 Å². The first-order valence-electron chi connectivity index (χ1n) is 16.2. The molecule has 0 fully saturated rings. The van der Waals surface area contributed by atoms with E-state index in [1.54, 1.807) is 68.4 Å². The van der Waals surface area contributed by atoms with Crippen LogP contribution in [0.3, 0.4) is 0 Å². The minimum atomic E-state index is -1.54. The van der Waals surface area contributed by atoms with Crippen LogP contribution in [0.15, 0.2) is 132 Å². The minimum Gasteiger partial charge on any atom is -0.464 e. The maximum absolute atomic E-state index is 13.9. The molecule has 1 aliphatic carbocycles. The van der Waals surface area contributed by atoms with Crippen LogP contribution < -0.4 is 4.74 Å². The summed E-state index contributed by atoms with van der Waals surface area (Å²) in [6.07, 6.45) is 2.03. The summed E-state index contributed by atoms with van der Waals surface area (Å²) in [5, 5.41) is 9.96. The van der Waals surface area contributed by atoms with Crippen molar-refractivity contribution >= 4 is 17.7 Å². The summed E-state index contributed by atoms with van der Waals surface area (Å²) >= 11 is 0. The Balaban J connectivity index is 1.46. The third-order valence-electron chi connectivity index (χ3n) is 9.25. The molecule has 8 nitrogen and oxygen atoms in total. The molecule has 4 aromatic carbocycles. The van der Waals surface area contributed by atoms with Crippen LogP contribution in [0, 0.1) is 0 Å². The van der Waals surface area contributed by atoms with Crippen LogP contribution in [0.4, 0.5) is 0 Å². The van der Waals surface area contributed by atoms with Crippen molar-refractivity contribution < 1.29 is 38.1 Å². The van der Waals surface area contributed by atoms with Crippen LogP contribution in [0.1, 0.15) is 70.6 Å². The smallest absolute Gasteiger partial charge is 0.334 e. The number of furan rings is 1. The average Bonchev–Trinajstić information content (AvgIpc) is 3.68. The summed E-state index contributed by atoms with van der Waals surface area (Å²) in [6, 6.07) is 28.8.